The SMILES string of the molecule is CC(C)CN(CC(C)C)c1ccc(-c2ccccc2-c2nnn[nH]2)cc1NC(=O)CC(F)(F)F. The van der Waals surface area contributed by atoms with Gasteiger partial charge >= 0.3 is 6.18 Å². The lowest BCUT2D eigenvalue weighted by Crippen LogP contribution is -2.32. The van der Waals surface area contributed by atoms with Crippen molar-refractivity contribution in [1.82, 2.24) is 20.6 Å². The minimum Gasteiger partial charge on any atom is -0.369 e. The van der Waals surface area contributed by atoms with Crippen LogP contribution in [-0.2, 0) is 4.79 Å². The van der Waals surface area contributed by atoms with Crippen molar-refractivity contribution in [3.8, 4) is 22.5 Å². The number of halogens is 3. The molecular weight excluding hydrogens is 445 g/mol. The normalized spacial score (nSPS) is 11.8. The maximum Gasteiger partial charge on any atom is 0.397 e. The summed E-state index contributed by atoms with van der Waals surface area (Å²) in [5, 5.41) is 16.5. The molecule has 0 aliphatic heterocycles. The zero-order chi connectivity index (χ0) is 24.9. The number of carbonyl (C=O) groups is 1. The second-order valence-electron chi connectivity index (χ2n) is 9.06. The van der Waals surface area contributed by atoms with Crippen molar-refractivity contribution in [1.29, 1.82) is 0 Å². The Morgan fingerprint density at radius 2 is 1.68 bits per heavy atom. The van der Waals surface area contributed by atoms with Gasteiger partial charge in [-0.15, -0.1) is 5.10 Å². The molecule has 1 amide bonds. The summed E-state index contributed by atoms with van der Waals surface area (Å²) in [6, 6.07) is 12.9. The number of hydrogen-bond acceptors (Lipinski definition) is 5. The van der Waals surface area contributed by atoms with Crippen LogP contribution in [0.25, 0.3) is 22.5 Å². The number of aromatic amines is 1. The van der Waals surface area contributed by atoms with Crippen LogP contribution >= 0.6 is 0 Å². The van der Waals surface area contributed by atoms with Crippen LogP contribution in [0.1, 0.15) is 34.1 Å². The van der Waals surface area contributed by atoms with Gasteiger partial charge in [-0.3, -0.25) is 4.79 Å². The average molecular weight is 475 g/mol. The van der Waals surface area contributed by atoms with Gasteiger partial charge in [0.15, 0.2) is 5.82 Å². The number of aromatic nitrogens is 4. The highest BCUT2D eigenvalue weighted by Crippen LogP contribution is 2.36. The number of anilines is 2. The van der Waals surface area contributed by atoms with E-state index in [1.54, 1.807) is 6.07 Å². The summed E-state index contributed by atoms with van der Waals surface area (Å²) < 4.78 is 38.6. The molecule has 0 spiro atoms. The number of nitrogens with one attached hydrogen (secondary N) is 2. The van der Waals surface area contributed by atoms with E-state index in [2.05, 4.69) is 58.5 Å². The number of rotatable bonds is 9. The van der Waals surface area contributed by atoms with Crippen LogP contribution in [0.2, 0.25) is 0 Å². The van der Waals surface area contributed by atoms with Crippen LogP contribution < -0.4 is 10.2 Å². The minimum atomic E-state index is -4.59. The summed E-state index contributed by atoms with van der Waals surface area (Å²) in [6.07, 6.45) is -6.14. The van der Waals surface area contributed by atoms with Crippen LogP contribution in [0.3, 0.4) is 0 Å². The second-order valence-corrected chi connectivity index (χ2v) is 9.06. The number of nitrogens with zero attached hydrogens (tertiary/aromatic N) is 4. The number of alkyl halides is 3. The predicted octanol–water partition coefficient (Wildman–Crippen LogP) is 5.54. The Kier molecular flexibility index (Phi) is 7.90. The zero-order valence-electron chi connectivity index (χ0n) is 19.6. The van der Waals surface area contributed by atoms with Crippen molar-refractivity contribution in [3.63, 3.8) is 0 Å². The Morgan fingerprint density at radius 1 is 1.03 bits per heavy atom. The van der Waals surface area contributed by atoms with E-state index in [0.717, 1.165) is 11.1 Å². The molecule has 0 radical (unpaired) electrons. The molecule has 0 atom stereocenters. The van der Waals surface area contributed by atoms with Crippen molar-refractivity contribution < 1.29 is 18.0 Å². The monoisotopic (exact) mass is 474 g/mol. The van der Waals surface area contributed by atoms with E-state index >= 15 is 0 Å². The van der Waals surface area contributed by atoms with Gasteiger partial charge in [0.2, 0.25) is 5.91 Å². The lowest BCUT2D eigenvalue weighted by Gasteiger charge is -2.31. The lowest BCUT2D eigenvalue weighted by molar-refractivity contribution is -0.150. The topological polar surface area (TPSA) is 86.8 Å². The molecule has 0 bridgehead atoms. The largest absolute Gasteiger partial charge is 0.397 e. The number of benzene rings is 2. The van der Waals surface area contributed by atoms with Crippen molar-refractivity contribution >= 4 is 17.3 Å². The molecule has 1 heterocycles. The quantitative estimate of drug-likeness (QED) is 0.425. The highest BCUT2D eigenvalue weighted by Gasteiger charge is 2.31. The predicted molar refractivity (Wildman–Crippen MR) is 126 cm³/mol. The highest BCUT2D eigenvalue weighted by molar-refractivity contribution is 5.96. The Labute approximate surface area is 196 Å². The van der Waals surface area contributed by atoms with E-state index in [-0.39, 0.29) is 0 Å². The molecule has 3 aromatic rings. The van der Waals surface area contributed by atoms with Gasteiger partial charge in [0.25, 0.3) is 0 Å². The van der Waals surface area contributed by atoms with Gasteiger partial charge in [-0.2, -0.15) is 13.2 Å². The summed E-state index contributed by atoms with van der Waals surface area (Å²) in [7, 11) is 0. The van der Waals surface area contributed by atoms with E-state index < -0.39 is 18.5 Å². The Bertz CT molecular complexity index is 1090. The van der Waals surface area contributed by atoms with Crippen molar-refractivity contribution in [3.05, 3.63) is 42.5 Å². The van der Waals surface area contributed by atoms with Crippen LogP contribution in [-0.4, -0.2) is 45.8 Å². The van der Waals surface area contributed by atoms with Gasteiger partial charge in [0.05, 0.1) is 11.4 Å². The Hall–Kier alpha value is -3.43. The standard InChI is InChI=1S/C24H29F3N6O/c1-15(2)13-33(14-16(3)4)21-10-9-17(11-20(21)28-22(34)12-24(25,26)27)18-7-5-6-8-19(18)23-29-31-32-30-23/h5-11,15-16H,12-14H2,1-4H3,(H,28,34)(H,29,30,31,32). The number of hydrogen-bond donors (Lipinski definition) is 2. The van der Waals surface area contributed by atoms with Gasteiger partial charge in [0.1, 0.15) is 6.42 Å². The molecule has 0 aliphatic rings. The fourth-order valence-electron chi connectivity index (χ4n) is 3.82. The van der Waals surface area contributed by atoms with Crippen LogP contribution in [0.15, 0.2) is 42.5 Å². The fourth-order valence-corrected chi connectivity index (χ4v) is 3.82. The third-order valence-corrected chi connectivity index (χ3v) is 4.98. The number of H-pyrrole nitrogens is 1. The molecule has 1 aromatic heterocycles. The Morgan fingerprint density at radius 3 is 2.24 bits per heavy atom. The number of tetrazole rings is 1. The molecule has 0 saturated heterocycles. The van der Waals surface area contributed by atoms with Gasteiger partial charge in [-0.1, -0.05) is 58.0 Å². The van der Waals surface area contributed by atoms with Crippen LogP contribution in [0.5, 0.6) is 0 Å². The number of amides is 1. The van der Waals surface area contributed by atoms with Crippen LogP contribution in [0, 0.1) is 11.8 Å². The molecule has 182 valence electrons. The first kappa shape index (κ1) is 25.2. The van der Waals surface area contributed by atoms with Gasteiger partial charge in [0, 0.05) is 18.7 Å². The molecule has 0 aliphatic carbocycles. The molecule has 0 saturated carbocycles. The van der Waals surface area contributed by atoms with Crippen LogP contribution in [0.4, 0.5) is 24.5 Å². The minimum absolute atomic E-state index is 0.317. The molecule has 10 heteroatoms. The maximum atomic E-state index is 12.9. The molecule has 34 heavy (non-hydrogen) atoms. The van der Waals surface area contributed by atoms with E-state index in [1.807, 2.05) is 36.4 Å². The molecule has 7 nitrogen and oxygen atoms in total. The first-order chi connectivity index (χ1) is 16.0. The van der Waals surface area contributed by atoms with E-state index in [1.165, 1.54) is 0 Å². The molecule has 2 aromatic carbocycles. The average Bonchev–Trinajstić information content (AvgIpc) is 3.26. The molecular formula is C24H29F3N6O. The van der Waals surface area contributed by atoms with E-state index in [4.69, 9.17) is 0 Å². The smallest absolute Gasteiger partial charge is 0.369 e. The van der Waals surface area contributed by atoms with Crippen molar-refractivity contribution in [2.45, 2.75) is 40.3 Å². The summed E-state index contributed by atoms with van der Waals surface area (Å²) in [6.45, 7) is 9.69. The number of carbonyl (C=O) groups excluding carboxylic acids is 1. The third kappa shape index (κ3) is 6.79. The zero-order valence-corrected chi connectivity index (χ0v) is 19.6. The summed E-state index contributed by atoms with van der Waals surface area (Å²) in [5.41, 5.74) is 3.23. The second kappa shape index (κ2) is 10.7. The third-order valence-electron chi connectivity index (χ3n) is 4.98. The first-order valence-corrected chi connectivity index (χ1v) is 11.1. The molecule has 0 unspecified atom stereocenters. The summed E-state index contributed by atoms with van der Waals surface area (Å²) in [5.74, 6) is -0.00935. The lowest BCUT2D eigenvalue weighted by atomic mass is 9.97. The first-order valence-electron chi connectivity index (χ1n) is 11.1. The van der Waals surface area contributed by atoms with E-state index in [9.17, 15) is 18.0 Å². The molecule has 0 fully saturated rings. The molecule has 2 N–H and O–H groups in total. The summed E-state index contributed by atoms with van der Waals surface area (Å²) >= 11 is 0. The van der Waals surface area contributed by atoms with Gasteiger partial charge in [-0.05, 0) is 45.5 Å². The Balaban J connectivity index is 2.09. The van der Waals surface area contributed by atoms with Crippen molar-refractivity contribution in [2.75, 3.05) is 23.3 Å². The highest BCUT2D eigenvalue weighted by atomic mass is 19.4. The maximum absolute atomic E-state index is 12.9. The van der Waals surface area contributed by atoms with Crippen molar-refractivity contribution in [2.24, 2.45) is 11.8 Å². The fraction of sp³-hybridized carbons (Fsp3) is 0.417. The summed E-state index contributed by atoms with van der Waals surface area (Å²) in [4.78, 5) is 14.4. The van der Waals surface area contributed by atoms with Gasteiger partial charge < -0.3 is 10.2 Å². The van der Waals surface area contributed by atoms with E-state index in [0.29, 0.717) is 47.7 Å². The van der Waals surface area contributed by atoms with Gasteiger partial charge in [-0.25, -0.2) is 5.10 Å². The molecule has 3 rings (SSSR count).